The van der Waals surface area contributed by atoms with Crippen molar-refractivity contribution in [2.45, 2.75) is 38.0 Å². The first-order chi connectivity index (χ1) is 17.4. The lowest BCUT2D eigenvalue weighted by molar-refractivity contribution is -0.121. The van der Waals surface area contributed by atoms with Crippen LogP contribution in [0.5, 0.6) is 0 Å². The van der Waals surface area contributed by atoms with Crippen molar-refractivity contribution in [3.05, 3.63) is 100 Å². The Morgan fingerprint density at radius 3 is 2.53 bits per heavy atom. The van der Waals surface area contributed by atoms with Gasteiger partial charge in [0.1, 0.15) is 5.25 Å². The molecule has 0 bridgehead atoms. The van der Waals surface area contributed by atoms with Gasteiger partial charge in [0.05, 0.1) is 11.8 Å². The molecule has 2 unspecified atom stereocenters. The van der Waals surface area contributed by atoms with E-state index in [1.807, 2.05) is 91.7 Å². The number of carbonyl (C=O) groups excluding carboxylic acids is 2. The second-order valence-electron chi connectivity index (χ2n) is 8.92. The maximum absolute atomic E-state index is 12.8. The summed E-state index contributed by atoms with van der Waals surface area (Å²) in [4.78, 5) is 29.8. The summed E-state index contributed by atoms with van der Waals surface area (Å²) in [6.45, 7) is 4.02. The molecule has 3 aromatic rings. The van der Waals surface area contributed by atoms with Crippen molar-refractivity contribution in [1.29, 1.82) is 0 Å². The van der Waals surface area contributed by atoms with E-state index in [9.17, 15) is 9.59 Å². The number of hydrazone groups is 1. The van der Waals surface area contributed by atoms with Crippen molar-refractivity contribution in [1.82, 2.24) is 5.01 Å². The van der Waals surface area contributed by atoms with Crippen LogP contribution in [0.15, 0.2) is 82.9 Å². The van der Waals surface area contributed by atoms with Gasteiger partial charge in [-0.3, -0.25) is 9.59 Å². The first kappa shape index (κ1) is 24.3. The lowest BCUT2D eigenvalue weighted by atomic mass is 9.99. The fourth-order valence-electron chi connectivity index (χ4n) is 4.24. The van der Waals surface area contributed by atoms with Crippen LogP contribution in [0.2, 0.25) is 5.02 Å². The van der Waals surface area contributed by atoms with Crippen molar-refractivity contribution < 1.29 is 9.59 Å². The Kier molecular flexibility index (Phi) is 6.94. The summed E-state index contributed by atoms with van der Waals surface area (Å²) in [5.41, 5.74) is 5.95. The highest BCUT2D eigenvalue weighted by molar-refractivity contribution is 8.15. The zero-order valence-electron chi connectivity index (χ0n) is 19.9. The number of aliphatic imine (C=N–C) groups is 1. The average molecular weight is 517 g/mol. The van der Waals surface area contributed by atoms with Gasteiger partial charge in [-0.2, -0.15) is 10.1 Å². The fourth-order valence-corrected chi connectivity index (χ4v) is 5.43. The summed E-state index contributed by atoms with van der Waals surface area (Å²) in [6.07, 6.45) is 0.704. The number of amidine groups is 1. The molecule has 6 nitrogen and oxygen atoms in total. The molecule has 0 aromatic heterocycles. The summed E-state index contributed by atoms with van der Waals surface area (Å²) in [5.74, 6) is -0.534. The number of benzene rings is 3. The smallest absolute Gasteiger partial charge is 0.262 e. The predicted octanol–water partition coefficient (Wildman–Crippen LogP) is 6.13. The van der Waals surface area contributed by atoms with Gasteiger partial charge < -0.3 is 5.32 Å². The molecule has 2 aliphatic heterocycles. The lowest BCUT2D eigenvalue weighted by Crippen LogP contribution is -2.25. The minimum absolute atomic E-state index is 0.0398. The Morgan fingerprint density at radius 1 is 1.06 bits per heavy atom. The largest absolute Gasteiger partial charge is 0.326 e. The number of rotatable bonds is 5. The lowest BCUT2D eigenvalue weighted by Gasteiger charge is -2.23. The number of nitrogens with one attached hydrogen (secondary N) is 1. The Labute approximate surface area is 219 Å². The first-order valence-corrected chi connectivity index (χ1v) is 13.0. The van der Waals surface area contributed by atoms with E-state index in [0.29, 0.717) is 16.6 Å². The molecule has 0 saturated carbocycles. The molecule has 0 saturated heterocycles. The van der Waals surface area contributed by atoms with E-state index in [1.165, 1.54) is 11.8 Å². The number of aryl methyl sites for hydroxylation is 2. The normalized spacial score (nSPS) is 19.3. The minimum atomic E-state index is -0.589. The van der Waals surface area contributed by atoms with Crippen LogP contribution in [0, 0.1) is 13.8 Å². The number of halogens is 1. The molecule has 2 atom stereocenters. The van der Waals surface area contributed by atoms with Gasteiger partial charge in [0, 0.05) is 23.6 Å². The Bertz CT molecular complexity index is 1370. The van der Waals surface area contributed by atoms with E-state index >= 15 is 0 Å². The molecule has 3 aromatic carbocycles. The van der Waals surface area contributed by atoms with Gasteiger partial charge in [0.15, 0.2) is 5.17 Å². The van der Waals surface area contributed by atoms with Crippen molar-refractivity contribution in [3.63, 3.8) is 0 Å². The van der Waals surface area contributed by atoms with Gasteiger partial charge in [0.25, 0.3) is 5.91 Å². The highest BCUT2D eigenvalue weighted by Crippen LogP contribution is 2.38. The van der Waals surface area contributed by atoms with Crippen LogP contribution < -0.4 is 5.32 Å². The van der Waals surface area contributed by atoms with Crippen LogP contribution in [0.4, 0.5) is 5.69 Å². The minimum Gasteiger partial charge on any atom is -0.326 e. The van der Waals surface area contributed by atoms with E-state index in [1.54, 1.807) is 0 Å². The van der Waals surface area contributed by atoms with Gasteiger partial charge in [0.2, 0.25) is 5.91 Å². The SMILES string of the molecule is Cc1ccc(NC(=O)CC2SC(N3N=C(c4ccccc4)CC3c3ccc(Cl)cc3)=NC2=O)cc1C. The number of anilines is 1. The van der Waals surface area contributed by atoms with Gasteiger partial charge in [-0.15, -0.1) is 0 Å². The summed E-state index contributed by atoms with van der Waals surface area (Å²) in [6, 6.07) is 23.3. The third-order valence-corrected chi connectivity index (χ3v) is 7.75. The van der Waals surface area contributed by atoms with Gasteiger partial charge in [-0.1, -0.05) is 71.9 Å². The standard InChI is InChI=1S/C28H25ClN4O2S/c1-17-8-13-22(14-18(17)2)30-26(34)16-25-27(35)31-28(36-25)33-24(20-9-11-21(29)12-10-20)15-23(32-33)19-6-4-3-5-7-19/h3-14,24-25H,15-16H2,1-2H3,(H,30,34). The molecule has 0 spiro atoms. The summed E-state index contributed by atoms with van der Waals surface area (Å²) < 4.78 is 0. The van der Waals surface area contributed by atoms with Gasteiger partial charge in [-0.05, 0) is 60.4 Å². The van der Waals surface area contributed by atoms with Crippen LogP contribution in [-0.2, 0) is 9.59 Å². The maximum Gasteiger partial charge on any atom is 0.262 e. The Balaban J connectivity index is 1.33. The zero-order valence-corrected chi connectivity index (χ0v) is 21.5. The zero-order chi connectivity index (χ0) is 25.2. The van der Waals surface area contributed by atoms with E-state index in [2.05, 4.69) is 10.3 Å². The number of hydrogen-bond acceptors (Lipinski definition) is 5. The van der Waals surface area contributed by atoms with Gasteiger partial charge >= 0.3 is 0 Å². The van der Waals surface area contributed by atoms with Crippen molar-refractivity contribution >= 4 is 51.7 Å². The Morgan fingerprint density at radius 2 is 1.81 bits per heavy atom. The molecule has 2 amide bonds. The monoisotopic (exact) mass is 516 g/mol. The molecule has 0 aliphatic carbocycles. The molecule has 36 heavy (non-hydrogen) atoms. The number of thioether (sulfide) groups is 1. The molecule has 1 N–H and O–H groups in total. The molecule has 2 aliphatic rings. The molecule has 5 rings (SSSR count). The summed E-state index contributed by atoms with van der Waals surface area (Å²) >= 11 is 7.41. The Hall–Kier alpha value is -3.42. The molecular formula is C28H25ClN4O2S. The average Bonchev–Trinajstić information content (AvgIpc) is 3.46. The molecule has 8 heteroatoms. The topological polar surface area (TPSA) is 74.1 Å². The fraction of sp³-hybridized carbons (Fsp3) is 0.214. The number of hydrogen-bond donors (Lipinski definition) is 1. The van der Waals surface area contributed by atoms with E-state index in [0.717, 1.165) is 33.7 Å². The maximum atomic E-state index is 12.8. The van der Waals surface area contributed by atoms with Crippen molar-refractivity contribution in [2.24, 2.45) is 10.1 Å². The second-order valence-corrected chi connectivity index (χ2v) is 10.5. The molecule has 182 valence electrons. The first-order valence-electron chi connectivity index (χ1n) is 11.7. The molecular weight excluding hydrogens is 492 g/mol. The predicted molar refractivity (Wildman–Crippen MR) is 147 cm³/mol. The van der Waals surface area contributed by atoms with Crippen LogP contribution in [0.3, 0.4) is 0 Å². The summed E-state index contributed by atoms with van der Waals surface area (Å²) in [5, 5.41) is 10.2. The highest BCUT2D eigenvalue weighted by atomic mass is 35.5. The third kappa shape index (κ3) is 5.22. The van der Waals surface area contributed by atoms with Crippen LogP contribution in [-0.4, -0.2) is 33.0 Å². The van der Waals surface area contributed by atoms with Crippen molar-refractivity contribution in [2.75, 3.05) is 5.32 Å². The number of nitrogens with zero attached hydrogens (tertiary/aromatic N) is 3. The van der Waals surface area contributed by atoms with Crippen molar-refractivity contribution in [3.8, 4) is 0 Å². The highest BCUT2D eigenvalue weighted by Gasteiger charge is 2.39. The summed E-state index contributed by atoms with van der Waals surface area (Å²) in [7, 11) is 0. The second kappa shape index (κ2) is 10.3. The number of carbonyl (C=O) groups is 2. The van der Waals surface area contributed by atoms with Gasteiger partial charge in [-0.25, -0.2) is 5.01 Å². The van der Waals surface area contributed by atoms with E-state index < -0.39 is 5.25 Å². The molecule has 0 radical (unpaired) electrons. The molecule has 2 heterocycles. The quantitative estimate of drug-likeness (QED) is 0.442. The van der Waals surface area contributed by atoms with Crippen LogP contribution in [0.25, 0.3) is 0 Å². The molecule has 0 fully saturated rings. The van der Waals surface area contributed by atoms with E-state index in [-0.39, 0.29) is 24.3 Å². The third-order valence-electron chi connectivity index (χ3n) is 6.36. The number of amides is 2. The van der Waals surface area contributed by atoms with E-state index in [4.69, 9.17) is 16.7 Å². The van der Waals surface area contributed by atoms with Crippen LogP contribution >= 0.6 is 23.4 Å². The van der Waals surface area contributed by atoms with Crippen LogP contribution in [0.1, 0.15) is 41.1 Å².